The Kier molecular flexibility index (Phi) is 9.69. The summed E-state index contributed by atoms with van der Waals surface area (Å²) < 4.78 is 10.1. The second kappa shape index (κ2) is 12.5. The van der Waals surface area contributed by atoms with Gasteiger partial charge in [0.25, 0.3) is 11.8 Å². The fourth-order valence-electron chi connectivity index (χ4n) is 2.60. The van der Waals surface area contributed by atoms with Crippen LogP contribution in [-0.4, -0.2) is 43.3 Å². The third-order valence-corrected chi connectivity index (χ3v) is 4.52. The number of rotatable bonds is 10. The van der Waals surface area contributed by atoms with Gasteiger partial charge < -0.3 is 14.8 Å². The third kappa shape index (κ3) is 8.03. The van der Waals surface area contributed by atoms with Gasteiger partial charge >= 0.3 is 5.97 Å². The van der Waals surface area contributed by atoms with E-state index in [1.54, 1.807) is 55.5 Å². The normalized spacial score (nSPS) is 11.8. The summed E-state index contributed by atoms with van der Waals surface area (Å²) in [5.41, 5.74) is 3.56. The standard InChI is InChI=1S/C23H26ClN3O5/c1-4-31-20(28)14-32-19-11-5-16(6-12-19)13-25-27-23(30)21(15(2)3)26-22(29)17-7-9-18(24)10-8-17/h5-13,15,21H,4,14H2,1-3H3,(H,26,29)(H,27,30). The number of hydrogen-bond donors (Lipinski definition) is 2. The number of hydrogen-bond acceptors (Lipinski definition) is 6. The van der Waals surface area contributed by atoms with Crippen molar-refractivity contribution in [2.75, 3.05) is 13.2 Å². The molecule has 2 aromatic carbocycles. The van der Waals surface area contributed by atoms with E-state index in [2.05, 4.69) is 15.8 Å². The summed E-state index contributed by atoms with van der Waals surface area (Å²) in [6.45, 7) is 5.50. The first-order chi connectivity index (χ1) is 15.3. The third-order valence-electron chi connectivity index (χ3n) is 4.27. The van der Waals surface area contributed by atoms with Crippen LogP contribution in [0.5, 0.6) is 5.75 Å². The van der Waals surface area contributed by atoms with Gasteiger partial charge in [0, 0.05) is 10.6 Å². The summed E-state index contributed by atoms with van der Waals surface area (Å²) in [7, 11) is 0. The molecule has 0 saturated heterocycles. The van der Waals surface area contributed by atoms with Crippen LogP contribution >= 0.6 is 11.6 Å². The first-order valence-corrected chi connectivity index (χ1v) is 10.5. The second-order valence-electron chi connectivity index (χ2n) is 7.10. The van der Waals surface area contributed by atoms with Crippen LogP contribution < -0.4 is 15.5 Å². The number of esters is 1. The molecule has 1 unspecified atom stereocenters. The van der Waals surface area contributed by atoms with Crippen LogP contribution in [-0.2, 0) is 14.3 Å². The van der Waals surface area contributed by atoms with Gasteiger partial charge in [-0.05, 0) is 66.9 Å². The monoisotopic (exact) mass is 459 g/mol. The quantitative estimate of drug-likeness (QED) is 0.322. The number of carbonyl (C=O) groups is 3. The second-order valence-corrected chi connectivity index (χ2v) is 7.54. The van der Waals surface area contributed by atoms with Gasteiger partial charge in [-0.15, -0.1) is 0 Å². The van der Waals surface area contributed by atoms with Crippen molar-refractivity contribution in [1.29, 1.82) is 0 Å². The highest BCUT2D eigenvalue weighted by atomic mass is 35.5. The Hall–Kier alpha value is -3.39. The lowest BCUT2D eigenvalue weighted by Crippen LogP contribution is -2.48. The van der Waals surface area contributed by atoms with Crippen LogP contribution in [0.1, 0.15) is 36.7 Å². The summed E-state index contributed by atoms with van der Waals surface area (Å²) in [5.74, 6) is -0.907. The Balaban J connectivity index is 1.90. The lowest BCUT2D eigenvalue weighted by molar-refractivity contribution is -0.145. The minimum atomic E-state index is -0.769. The van der Waals surface area contributed by atoms with E-state index in [-0.39, 0.29) is 18.4 Å². The van der Waals surface area contributed by atoms with Crippen LogP contribution in [0.15, 0.2) is 53.6 Å². The summed E-state index contributed by atoms with van der Waals surface area (Å²) in [5, 5.41) is 7.20. The van der Waals surface area contributed by atoms with Crippen molar-refractivity contribution < 1.29 is 23.9 Å². The van der Waals surface area contributed by atoms with Gasteiger partial charge in [0.05, 0.1) is 12.8 Å². The highest BCUT2D eigenvalue weighted by Crippen LogP contribution is 2.12. The molecular weight excluding hydrogens is 434 g/mol. The fraction of sp³-hybridized carbons (Fsp3) is 0.304. The van der Waals surface area contributed by atoms with Crippen LogP contribution in [0.3, 0.4) is 0 Å². The Labute approximate surface area is 191 Å². The van der Waals surface area contributed by atoms with Crippen molar-refractivity contribution in [1.82, 2.24) is 10.7 Å². The Morgan fingerprint density at radius 1 is 1.06 bits per heavy atom. The number of amides is 2. The summed E-state index contributed by atoms with van der Waals surface area (Å²) in [4.78, 5) is 36.3. The molecule has 0 saturated carbocycles. The summed E-state index contributed by atoms with van der Waals surface area (Å²) in [6.07, 6.45) is 1.46. The Morgan fingerprint density at radius 2 is 1.72 bits per heavy atom. The molecule has 0 bridgehead atoms. The van der Waals surface area contributed by atoms with E-state index in [0.717, 1.165) is 0 Å². The molecule has 2 amide bonds. The van der Waals surface area contributed by atoms with Gasteiger partial charge in [0.2, 0.25) is 0 Å². The molecule has 0 aromatic heterocycles. The van der Waals surface area contributed by atoms with Crippen LogP contribution in [0.4, 0.5) is 0 Å². The molecule has 8 nitrogen and oxygen atoms in total. The fourth-order valence-corrected chi connectivity index (χ4v) is 2.72. The number of hydrazone groups is 1. The van der Waals surface area contributed by atoms with Crippen molar-refractivity contribution in [2.24, 2.45) is 11.0 Å². The minimum Gasteiger partial charge on any atom is -0.482 e. The molecule has 2 rings (SSSR count). The smallest absolute Gasteiger partial charge is 0.344 e. The van der Waals surface area contributed by atoms with Gasteiger partial charge in [-0.2, -0.15) is 5.10 Å². The van der Waals surface area contributed by atoms with Gasteiger partial charge in [-0.25, -0.2) is 10.2 Å². The molecule has 9 heteroatoms. The number of halogens is 1. The average molecular weight is 460 g/mol. The maximum Gasteiger partial charge on any atom is 0.344 e. The molecule has 0 aliphatic carbocycles. The van der Waals surface area contributed by atoms with E-state index in [9.17, 15) is 14.4 Å². The van der Waals surface area contributed by atoms with Crippen molar-refractivity contribution in [3.8, 4) is 5.75 Å². The summed E-state index contributed by atoms with van der Waals surface area (Å²) in [6, 6.07) is 12.4. The SMILES string of the molecule is CCOC(=O)COc1ccc(C=NNC(=O)C(NC(=O)c2ccc(Cl)cc2)C(C)C)cc1. The zero-order chi connectivity index (χ0) is 23.5. The highest BCUT2D eigenvalue weighted by molar-refractivity contribution is 6.30. The van der Waals surface area contributed by atoms with Crippen molar-refractivity contribution in [3.05, 3.63) is 64.7 Å². The summed E-state index contributed by atoms with van der Waals surface area (Å²) >= 11 is 5.84. The Bertz CT molecular complexity index is 943. The molecule has 0 spiro atoms. The molecule has 32 heavy (non-hydrogen) atoms. The Morgan fingerprint density at radius 3 is 2.31 bits per heavy atom. The van der Waals surface area contributed by atoms with Gasteiger partial charge in [-0.1, -0.05) is 25.4 Å². The molecule has 0 fully saturated rings. The molecule has 0 heterocycles. The van der Waals surface area contributed by atoms with Crippen molar-refractivity contribution in [3.63, 3.8) is 0 Å². The number of ether oxygens (including phenoxy) is 2. The molecule has 170 valence electrons. The van der Waals surface area contributed by atoms with E-state index in [1.807, 2.05) is 13.8 Å². The number of nitrogens with one attached hydrogen (secondary N) is 2. The van der Waals surface area contributed by atoms with Crippen molar-refractivity contribution >= 4 is 35.6 Å². The van der Waals surface area contributed by atoms with Crippen molar-refractivity contribution in [2.45, 2.75) is 26.8 Å². The first kappa shape index (κ1) is 24.9. The molecular formula is C23H26ClN3O5. The minimum absolute atomic E-state index is 0.155. The molecule has 1 atom stereocenters. The zero-order valence-corrected chi connectivity index (χ0v) is 18.9. The first-order valence-electron chi connectivity index (χ1n) is 10.1. The van der Waals surface area contributed by atoms with Gasteiger partial charge in [0.1, 0.15) is 11.8 Å². The predicted molar refractivity (Wildman–Crippen MR) is 122 cm³/mol. The maximum atomic E-state index is 12.5. The van der Waals surface area contributed by atoms with Gasteiger partial charge in [0.15, 0.2) is 6.61 Å². The number of nitrogens with zero attached hydrogens (tertiary/aromatic N) is 1. The van der Waals surface area contributed by atoms with E-state index < -0.39 is 17.9 Å². The van der Waals surface area contributed by atoms with E-state index >= 15 is 0 Å². The largest absolute Gasteiger partial charge is 0.482 e. The van der Waals surface area contributed by atoms with Crippen LogP contribution in [0, 0.1) is 5.92 Å². The molecule has 0 aliphatic rings. The van der Waals surface area contributed by atoms with Gasteiger partial charge in [-0.3, -0.25) is 9.59 Å². The molecule has 2 aromatic rings. The number of benzene rings is 2. The van der Waals surface area contributed by atoms with Crippen LogP contribution in [0.25, 0.3) is 0 Å². The lowest BCUT2D eigenvalue weighted by atomic mass is 10.0. The van der Waals surface area contributed by atoms with Crippen LogP contribution in [0.2, 0.25) is 5.02 Å². The maximum absolute atomic E-state index is 12.5. The average Bonchev–Trinajstić information content (AvgIpc) is 2.77. The molecule has 2 N–H and O–H groups in total. The highest BCUT2D eigenvalue weighted by Gasteiger charge is 2.24. The van der Waals surface area contributed by atoms with E-state index in [1.165, 1.54) is 6.21 Å². The zero-order valence-electron chi connectivity index (χ0n) is 18.1. The molecule has 0 aliphatic heterocycles. The topological polar surface area (TPSA) is 106 Å². The van der Waals surface area contributed by atoms with E-state index in [4.69, 9.17) is 21.1 Å². The molecule has 0 radical (unpaired) electrons. The lowest BCUT2D eigenvalue weighted by Gasteiger charge is -2.20. The van der Waals surface area contributed by atoms with E-state index in [0.29, 0.717) is 28.5 Å². The predicted octanol–water partition coefficient (Wildman–Crippen LogP) is 3.19. The number of carbonyl (C=O) groups excluding carboxylic acids is 3.